The Balaban J connectivity index is 1.81. The predicted octanol–water partition coefficient (Wildman–Crippen LogP) is 4.00. The Morgan fingerprint density at radius 2 is 2.04 bits per heavy atom. The number of fused-ring (bicyclic) bond motifs is 1. The van der Waals surface area contributed by atoms with Gasteiger partial charge in [0.05, 0.1) is 5.69 Å². The van der Waals surface area contributed by atoms with E-state index in [1.165, 1.54) is 17.4 Å². The molecule has 1 aromatic carbocycles. The normalized spacial score (nSPS) is 11.1. The van der Waals surface area contributed by atoms with Gasteiger partial charge in [-0.2, -0.15) is 0 Å². The van der Waals surface area contributed by atoms with Crippen molar-refractivity contribution in [2.45, 2.75) is 26.7 Å². The Bertz CT molecular complexity index is 851. The summed E-state index contributed by atoms with van der Waals surface area (Å²) in [6.45, 7) is 5.44. The van der Waals surface area contributed by atoms with Gasteiger partial charge in [0.2, 0.25) is 5.91 Å². The van der Waals surface area contributed by atoms with Crippen LogP contribution >= 0.6 is 11.3 Å². The first-order chi connectivity index (χ1) is 11.6. The molecule has 0 fully saturated rings. The van der Waals surface area contributed by atoms with Crippen LogP contribution in [0, 0.1) is 5.82 Å². The fourth-order valence-electron chi connectivity index (χ4n) is 2.78. The van der Waals surface area contributed by atoms with Gasteiger partial charge in [-0.15, -0.1) is 11.3 Å². The van der Waals surface area contributed by atoms with Crippen molar-refractivity contribution in [2.24, 2.45) is 0 Å². The van der Waals surface area contributed by atoms with Crippen molar-refractivity contribution in [3.8, 4) is 11.3 Å². The first kappa shape index (κ1) is 16.6. The van der Waals surface area contributed by atoms with E-state index in [0.29, 0.717) is 24.1 Å². The molecule has 0 radical (unpaired) electrons. The van der Waals surface area contributed by atoms with E-state index in [2.05, 4.69) is 4.98 Å². The van der Waals surface area contributed by atoms with Gasteiger partial charge in [0, 0.05) is 42.3 Å². The molecule has 1 amide bonds. The van der Waals surface area contributed by atoms with Crippen LogP contribution in [0.4, 0.5) is 4.39 Å². The third-order valence-corrected chi connectivity index (χ3v) is 5.03. The largest absolute Gasteiger partial charge is 0.343 e. The topological polar surface area (TPSA) is 37.6 Å². The first-order valence-electron chi connectivity index (χ1n) is 8.12. The number of rotatable bonds is 6. The molecule has 2 aromatic heterocycles. The molecule has 0 atom stereocenters. The van der Waals surface area contributed by atoms with Crippen LogP contribution < -0.4 is 0 Å². The minimum atomic E-state index is -0.276. The fraction of sp³-hybridized carbons (Fsp3) is 0.333. The molecule has 3 rings (SSSR count). The van der Waals surface area contributed by atoms with Gasteiger partial charge < -0.3 is 4.90 Å². The van der Waals surface area contributed by atoms with E-state index in [4.69, 9.17) is 0 Å². The van der Waals surface area contributed by atoms with Gasteiger partial charge >= 0.3 is 0 Å². The molecule has 0 spiro atoms. The molecule has 0 bridgehead atoms. The number of hydrogen-bond acceptors (Lipinski definition) is 3. The van der Waals surface area contributed by atoms with Gasteiger partial charge in [-0.1, -0.05) is 12.1 Å². The summed E-state index contributed by atoms with van der Waals surface area (Å²) in [5.41, 5.74) is 2.15. The smallest absolute Gasteiger partial charge is 0.222 e. The Morgan fingerprint density at radius 1 is 1.29 bits per heavy atom. The summed E-state index contributed by atoms with van der Waals surface area (Å²) in [5.74, 6) is -0.115. The van der Waals surface area contributed by atoms with E-state index < -0.39 is 0 Å². The number of thiazole rings is 1. The zero-order chi connectivity index (χ0) is 17.1. The zero-order valence-electron chi connectivity index (χ0n) is 13.8. The van der Waals surface area contributed by atoms with Crippen LogP contribution in [0.25, 0.3) is 16.2 Å². The number of hydrogen-bond donors (Lipinski definition) is 0. The van der Waals surface area contributed by atoms with Crippen LogP contribution in [0.3, 0.4) is 0 Å². The molecular formula is C18H20FN3OS. The summed E-state index contributed by atoms with van der Waals surface area (Å²) >= 11 is 1.51. The minimum Gasteiger partial charge on any atom is -0.343 e. The maximum absolute atomic E-state index is 13.9. The number of nitrogens with zero attached hydrogens (tertiary/aromatic N) is 3. The molecule has 0 saturated heterocycles. The Morgan fingerprint density at radius 3 is 2.75 bits per heavy atom. The van der Waals surface area contributed by atoms with Crippen molar-refractivity contribution in [1.82, 2.24) is 14.3 Å². The average Bonchev–Trinajstić information content (AvgIpc) is 3.15. The highest BCUT2D eigenvalue weighted by molar-refractivity contribution is 7.15. The SMILES string of the molecule is CCN(CC)C(=O)CCc1csc2nc(-c3ccccc3F)cn12. The van der Waals surface area contributed by atoms with E-state index in [0.717, 1.165) is 23.7 Å². The van der Waals surface area contributed by atoms with Crippen LogP contribution in [0.1, 0.15) is 26.0 Å². The average molecular weight is 345 g/mol. The van der Waals surface area contributed by atoms with Crippen molar-refractivity contribution < 1.29 is 9.18 Å². The fourth-order valence-corrected chi connectivity index (χ4v) is 3.68. The maximum Gasteiger partial charge on any atom is 0.222 e. The van der Waals surface area contributed by atoms with Gasteiger partial charge in [0.25, 0.3) is 0 Å². The van der Waals surface area contributed by atoms with E-state index >= 15 is 0 Å². The summed E-state index contributed by atoms with van der Waals surface area (Å²) in [6.07, 6.45) is 2.98. The third kappa shape index (κ3) is 3.19. The van der Waals surface area contributed by atoms with Crippen LogP contribution in [-0.4, -0.2) is 33.3 Å². The molecule has 0 unspecified atom stereocenters. The summed E-state index contributed by atoms with van der Waals surface area (Å²) < 4.78 is 15.9. The van der Waals surface area contributed by atoms with Crippen molar-refractivity contribution in [1.29, 1.82) is 0 Å². The van der Waals surface area contributed by atoms with Gasteiger partial charge in [-0.3, -0.25) is 9.20 Å². The van der Waals surface area contributed by atoms with E-state index in [1.807, 2.05) is 34.7 Å². The summed E-state index contributed by atoms with van der Waals surface area (Å²) in [6, 6.07) is 6.63. The number of carbonyl (C=O) groups is 1. The number of amides is 1. The van der Waals surface area contributed by atoms with E-state index in [9.17, 15) is 9.18 Å². The Labute approximate surface area is 144 Å². The lowest BCUT2D eigenvalue weighted by molar-refractivity contribution is -0.130. The van der Waals surface area contributed by atoms with Crippen LogP contribution in [0.15, 0.2) is 35.8 Å². The van der Waals surface area contributed by atoms with Gasteiger partial charge in [0.1, 0.15) is 5.82 Å². The Hall–Kier alpha value is -2.21. The molecule has 6 heteroatoms. The lowest BCUT2D eigenvalue weighted by atomic mass is 10.1. The standard InChI is InChI=1S/C18H20FN3OS/c1-3-21(4-2)17(23)10-9-13-12-24-18-20-16(11-22(13)18)14-7-5-6-8-15(14)19/h5-8,11-12H,3-4,9-10H2,1-2H3. The monoisotopic (exact) mass is 345 g/mol. The second kappa shape index (κ2) is 7.13. The molecule has 24 heavy (non-hydrogen) atoms. The highest BCUT2D eigenvalue weighted by atomic mass is 32.1. The van der Waals surface area contributed by atoms with Crippen LogP contribution in [0.5, 0.6) is 0 Å². The molecule has 0 N–H and O–H groups in total. The first-order valence-corrected chi connectivity index (χ1v) is 9.00. The molecule has 0 aliphatic rings. The quantitative estimate of drug-likeness (QED) is 0.677. The van der Waals surface area contributed by atoms with Gasteiger partial charge in [-0.05, 0) is 32.4 Å². The summed E-state index contributed by atoms with van der Waals surface area (Å²) in [4.78, 5) is 19.3. The van der Waals surface area contributed by atoms with E-state index in [1.54, 1.807) is 18.2 Å². The molecule has 3 aromatic rings. The summed E-state index contributed by atoms with van der Waals surface area (Å²) in [7, 11) is 0. The van der Waals surface area contributed by atoms with Gasteiger partial charge in [-0.25, -0.2) is 9.37 Å². The molecule has 4 nitrogen and oxygen atoms in total. The number of halogens is 1. The highest BCUT2D eigenvalue weighted by Gasteiger charge is 2.14. The molecular weight excluding hydrogens is 325 g/mol. The lowest BCUT2D eigenvalue weighted by Gasteiger charge is -2.18. The number of aromatic nitrogens is 2. The van der Waals surface area contributed by atoms with Crippen LogP contribution in [0.2, 0.25) is 0 Å². The number of benzene rings is 1. The van der Waals surface area contributed by atoms with Crippen LogP contribution in [-0.2, 0) is 11.2 Å². The predicted molar refractivity (Wildman–Crippen MR) is 94.7 cm³/mol. The van der Waals surface area contributed by atoms with Gasteiger partial charge in [0.15, 0.2) is 4.96 Å². The van der Waals surface area contributed by atoms with Crippen molar-refractivity contribution in [3.63, 3.8) is 0 Å². The molecule has 0 saturated carbocycles. The third-order valence-electron chi connectivity index (χ3n) is 4.14. The molecule has 2 heterocycles. The highest BCUT2D eigenvalue weighted by Crippen LogP contribution is 2.26. The molecule has 0 aliphatic heterocycles. The summed E-state index contributed by atoms with van der Waals surface area (Å²) in [5, 5.41) is 2.02. The maximum atomic E-state index is 13.9. The van der Waals surface area contributed by atoms with Crippen molar-refractivity contribution in [3.05, 3.63) is 47.4 Å². The minimum absolute atomic E-state index is 0.161. The second-order valence-electron chi connectivity index (χ2n) is 5.55. The van der Waals surface area contributed by atoms with E-state index in [-0.39, 0.29) is 11.7 Å². The molecule has 0 aliphatic carbocycles. The number of imidazole rings is 1. The number of aryl methyl sites for hydroxylation is 1. The Kier molecular flexibility index (Phi) is 4.94. The second-order valence-corrected chi connectivity index (χ2v) is 6.39. The van der Waals surface area contributed by atoms with Crippen molar-refractivity contribution in [2.75, 3.05) is 13.1 Å². The molecule has 126 valence electrons. The van der Waals surface area contributed by atoms with Crippen molar-refractivity contribution >= 4 is 22.2 Å². The number of carbonyl (C=O) groups excluding carboxylic acids is 1. The lowest BCUT2D eigenvalue weighted by Crippen LogP contribution is -2.30. The zero-order valence-corrected chi connectivity index (χ0v) is 14.6.